The summed E-state index contributed by atoms with van der Waals surface area (Å²) < 4.78 is 11.0. The molecule has 0 bridgehead atoms. The molecule has 5 nitrogen and oxygen atoms in total. The molecule has 1 aliphatic heterocycles. The van der Waals surface area contributed by atoms with Crippen LogP contribution in [0.15, 0.2) is 18.3 Å². The van der Waals surface area contributed by atoms with Crippen molar-refractivity contribution >= 4 is 5.69 Å². The number of rotatable bonds is 3. The highest BCUT2D eigenvalue weighted by Crippen LogP contribution is 2.09. The third kappa shape index (κ3) is 4.20. The van der Waals surface area contributed by atoms with E-state index in [0.717, 1.165) is 39.1 Å². The Morgan fingerprint density at radius 2 is 2.06 bits per heavy atom. The molecule has 0 amide bonds. The van der Waals surface area contributed by atoms with Crippen LogP contribution in [0.5, 0.6) is 5.88 Å². The number of nitrogens with zero attached hydrogens (tertiary/aromatic N) is 2. The number of nitrogen functional groups attached to an aromatic ring is 1. The van der Waals surface area contributed by atoms with Crippen molar-refractivity contribution in [3.05, 3.63) is 18.3 Å². The van der Waals surface area contributed by atoms with Crippen molar-refractivity contribution in [2.24, 2.45) is 0 Å². The minimum absolute atomic E-state index is 0.580. The molecule has 5 heteroatoms. The number of anilines is 1. The Bertz CT molecular complexity index is 321. The van der Waals surface area contributed by atoms with Gasteiger partial charge in [-0.25, -0.2) is 4.98 Å². The summed E-state index contributed by atoms with van der Waals surface area (Å²) in [6, 6.07) is 3.59. The molecule has 0 unspecified atom stereocenters. The molecule has 1 aliphatic rings. The van der Waals surface area contributed by atoms with Gasteiger partial charge in [0.1, 0.15) is 6.73 Å². The molecule has 1 aromatic heterocycles. The molecule has 0 aliphatic carbocycles. The summed E-state index contributed by atoms with van der Waals surface area (Å²) >= 11 is 0. The molecule has 17 heavy (non-hydrogen) atoms. The molecule has 0 spiro atoms. The fourth-order valence-electron chi connectivity index (χ4n) is 1.76. The van der Waals surface area contributed by atoms with E-state index in [4.69, 9.17) is 15.2 Å². The first kappa shape index (κ1) is 12.1. The summed E-state index contributed by atoms with van der Waals surface area (Å²) in [6.07, 6.45) is 3.72. The van der Waals surface area contributed by atoms with E-state index in [2.05, 4.69) is 9.88 Å². The number of pyridine rings is 1. The number of hydrogen-bond donors (Lipinski definition) is 1. The van der Waals surface area contributed by atoms with E-state index in [1.54, 1.807) is 18.3 Å². The van der Waals surface area contributed by atoms with Crippen LogP contribution in [0.4, 0.5) is 5.69 Å². The predicted molar refractivity (Wildman–Crippen MR) is 65.8 cm³/mol. The third-order valence-electron chi connectivity index (χ3n) is 2.68. The van der Waals surface area contributed by atoms with Crippen molar-refractivity contribution in [2.75, 3.05) is 38.8 Å². The lowest BCUT2D eigenvalue weighted by atomic mass is 10.3. The lowest BCUT2D eigenvalue weighted by Crippen LogP contribution is -2.33. The van der Waals surface area contributed by atoms with Gasteiger partial charge >= 0.3 is 0 Å². The van der Waals surface area contributed by atoms with Crippen LogP contribution in [-0.2, 0) is 4.74 Å². The highest BCUT2D eigenvalue weighted by Gasteiger charge is 2.08. The molecule has 94 valence electrons. The Morgan fingerprint density at radius 1 is 1.29 bits per heavy atom. The van der Waals surface area contributed by atoms with Gasteiger partial charge in [0.15, 0.2) is 0 Å². The van der Waals surface area contributed by atoms with Crippen LogP contribution in [0.3, 0.4) is 0 Å². The first-order chi connectivity index (χ1) is 8.34. The van der Waals surface area contributed by atoms with Crippen molar-refractivity contribution in [1.29, 1.82) is 0 Å². The highest BCUT2D eigenvalue weighted by molar-refractivity contribution is 5.35. The highest BCUT2D eigenvalue weighted by atomic mass is 16.5. The van der Waals surface area contributed by atoms with Gasteiger partial charge in [0, 0.05) is 32.4 Å². The van der Waals surface area contributed by atoms with Crippen LogP contribution in [0.25, 0.3) is 0 Å². The SMILES string of the molecule is Nc1ccc(OCN2CCCOCCC2)nc1. The van der Waals surface area contributed by atoms with Gasteiger partial charge in [-0.3, -0.25) is 4.90 Å². The quantitative estimate of drug-likeness (QED) is 0.853. The summed E-state index contributed by atoms with van der Waals surface area (Å²) in [5.74, 6) is 0.623. The van der Waals surface area contributed by atoms with E-state index in [1.165, 1.54) is 0 Å². The van der Waals surface area contributed by atoms with E-state index in [9.17, 15) is 0 Å². The molecular weight excluding hydrogens is 218 g/mol. The zero-order valence-corrected chi connectivity index (χ0v) is 9.97. The van der Waals surface area contributed by atoms with Gasteiger partial charge in [-0.05, 0) is 18.9 Å². The van der Waals surface area contributed by atoms with Crippen LogP contribution in [0.1, 0.15) is 12.8 Å². The van der Waals surface area contributed by atoms with Gasteiger partial charge in [0.25, 0.3) is 0 Å². The van der Waals surface area contributed by atoms with Crippen LogP contribution >= 0.6 is 0 Å². The number of nitrogens with two attached hydrogens (primary N) is 1. The summed E-state index contributed by atoms with van der Waals surface area (Å²) in [5.41, 5.74) is 6.21. The topological polar surface area (TPSA) is 60.6 Å². The summed E-state index contributed by atoms with van der Waals surface area (Å²) in [7, 11) is 0. The smallest absolute Gasteiger partial charge is 0.214 e. The van der Waals surface area contributed by atoms with Crippen molar-refractivity contribution in [2.45, 2.75) is 12.8 Å². The van der Waals surface area contributed by atoms with Crippen LogP contribution in [0.2, 0.25) is 0 Å². The maximum atomic E-state index is 5.62. The van der Waals surface area contributed by atoms with Gasteiger partial charge in [-0.15, -0.1) is 0 Å². The number of aromatic nitrogens is 1. The van der Waals surface area contributed by atoms with Crippen molar-refractivity contribution in [3.63, 3.8) is 0 Å². The van der Waals surface area contributed by atoms with Gasteiger partial charge < -0.3 is 15.2 Å². The fourth-order valence-corrected chi connectivity index (χ4v) is 1.76. The van der Waals surface area contributed by atoms with Crippen molar-refractivity contribution < 1.29 is 9.47 Å². The van der Waals surface area contributed by atoms with Gasteiger partial charge in [0.2, 0.25) is 5.88 Å². The zero-order chi connectivity index (χ0) is 11.9. The average Bonchev–Trinajstić information content (AvgIpc) is 2.30. The molecule has 0 atom stereocenters. The average molecular weight is 237 g/mol. The fraction of sp³-hybridized carbons (Fsp3) is 0.583. The van der Waals surface area contributed by atoms with Gasteiger partial charge in [0.05, 0.1) is 11.9 Å². The molecule has 2 rings (SSSR count). The van der Waals surface area contributed by atoms with E-state index in [-0.39, 0.29) is 0 Å². The summed E-state index contributed by atoms with van der Waals surface area (Å²) in [4.78, 5) is 6.38. The van der Waals surface area contributed by atoms with E-state index in [0.29, 0.717) is 18.3 Å². The van der Waals surface area contributed by atoms with Crippen LogP contribution in [-0.4, -0.2) is 42.9 Å². The normalized spacial score (nSPS) is 18.4. The largest absolute Gasteiger partial charge is 0.461 e. The number of ether oxygens (including phenoxy) is 2. The second-order valence-corrected chi connectivity index (χ2v) is 4.14. The minimum Gasteiger partial charge on any atom is -0.461 e. The molecule has 0 saturated carbocycles. The maximum Gasteiger partial charge on any atom is 0.214 e. The second kappa shape index (κ2) is 6.42. The Hall–Kier alpha value is -1.33. The first-order valence-electron chi connectivity index (χ1n) is 5.99. The van der Waals surface area contributed by atoms with E-state index >= 15 is 0 Å². The zero-order valence-electron chi connectivity index (χ0n) is 9.97. The first-order valence-corrected chi connectivity index (χ1v) is 5.99. The molecule has 1 aromatic rings. The Balaban J connectivity index is 1.77. The van der Waals surface area contributed by atoms with Gasteiger partial charge in [-0.1, -0.05) is 0 Å². The monoisotopic (exact) mass is 237 g/mol. The second-order valence-electron chi connectivity index (χ2n) is 4.14. The van der Waals surface area contributed by atoms with Crippen LogP contribution in [0, 0.1) is 0 Å². The molecule has 2 heterocycles. The Labute approximate surface area is 102 Å². The molecule has 1 saturated heterocycles. The van der Waals surface area contributed by atoms with Crippen molar-refractivity contribution in [1.82, 2.24) is 9.88 Å². The maximum absolute atomic E-state index is 5.62. The number of hydrogen-bond acceptors (Lipinski definition) is 5. The standard InChI is InChI=1S/C12H19N3O2/c13-11-3-4-12(14-9-11)17-10-15-5-1-7-16-8-2-6-15/h3-4,9H,1-2,5-8,10,13H2. The van der Waals surface area contributed by atoms with Crippen LogP contribution < -0.4 is 10.5 Å². The van der Waals surface area contributed by atoms with E-state index in [1.807, 2.05) is 0 Å². The lowest BCUT2D eigenvalue weighted by Gasteiger charge is -2.24. The van der Waals surface area contributed by atoms with Gasteiger partial charge in [-0.2, -0.15) is 0 Å². The summed E-state index contributed by atoms with van der Waals surface area (Å²) in [5, 5.41) is 0. The minimum atomic E-state index is 0.580. The summed E-state index contributed by atoms with van der Waals surface area (Å²) in [6.45, 7) is 4.29. The molecule has 0 aromatic carbocycles. The van der Waals surface area contributed by atoms with Crippen molar-refractivity contribution in [3.8, 4) is 5.88 Å². The predicted octanol–water partition coefficient (Wildman–Crippen LogP) is 1.11. The molecule has 2 N–H and O–H groups in total. The molecule has 1 fully saturated rings. The van der Waals surface area contributed by atoms with E-state index < -0.39 is 0 Å². The molecular formula is C12H19N3O2. The molecule has 0 radical (unpaired) electrons. The Morgan fingerprint density at radius 3 is 2.71 bits per heavy atom. The lowest BCUT2D eigenvalue weighted by molar-refractivity contribution is 0.0562. The third-order valence-corrected chi connectivity index (χ3v) is 2.68. The Kier molecular flexibility index (Phi) is 4.58.